The van der Waals surface area contributed by atoms with Gasteiger partial charge in [-0.1, -0.05) is 0 Å². The van der Waals surface area contributed by atoms with Crippen LogP contribution in [0, 0.1) is 5.92 Å². The van der Waals surface area contributed by atoms with Crippen molar-refractivity contribution in [3.63, 3.8) is 0 Å². The summed E-state index contributed by atoms with van der Waals surface area (Å²) in [7, 11) is 0. The average Bonchev–Trinajstić information content (AvgIpc) is 2.84. The number of aliphatic carboxylic acids is 1. The van der Waals surface area contributed by atoms with Crippen LogP contribution in [0.1, 0.15) is 32.1 Å². The van der Waals surface area contributed by atoms with Gasteiger partial charge in [-0.05, 0) is 43.1 Å². The summed E-state index contributed by atoms with van der Waals surface area (Å²) in [6.45, 7) is 1.42. The molecule has 0 radical (unpaired) electrons. The Kier molecular flexibility index (Phi) is 5.36. The molecule has 0 aliphatic carbocycles. The van der Waals surface area contributed by atoms with Gasteiger partial charge in [0.25, 0.3) is 0 Å². The van der Waals surface area contributed by atoms with Gasteiger partial charge < -0.3 is 15.3 Å². The molecule has 2 rings (SSSR count). The number of carboxylic acids is 1. The average molecular weight is 286 g/mol. The number of thioether (sulfide) groups is 1. The lowest BCUT2D eigenvalue weighted by Gasteiger charge is -2.26. The molecule has 0 bridgehead atoms. The standard InChI is InChI=1S/C13H22N2O3S/c16-12(17)8-11-2-1-5-15(11)13(18)14-9-10-3-6-19-7-4-10/h10-11H,1-9H2,(H,14,18)(H,16,17). The van der Waals surface area contributed by atoms with Crippen LogP contribution in [0.2, 0.25) is 0 Å². The highest BCUT2D eigenvalue weighted by molar-refractivity contribution is 7.99. The highest BCUT2D eigenvalue weighted by Gasteiger charge is 2.30. The molecule has 19 heavy (non-hydrogen) atoms. The molecule has 2 amide bonds. The molecule has 6 heteroatoms. The summed E-state index contributed by atoms with van der Waals surface area (Å²) in [5.74, 6) is 2.14. The molecule has 0 spiro atoms. The summed E-state index contributed by atoms with van der Waals surface area (Å²) in [4.78, 5) is 24.6. The fraction of sp³-hybridized carbons (Fsp3) is 0.846. The molecule has 1 atom stereocenters. The molecule has 0 saturated carbocycles. The molecule has 2 saturated heterocycles. The second kappa shape index (κ2) is 7.03. The Morgan fingerprint density at radius 1 is 1.26 bits per heavy atom. The van der Waals surface area contributed by atoms with Crippen molar-refractivity contribution in [1.82, 2.24) is 10.2 Å². The van der Waals surface area contributed by atoms with E-state index in [9.17, 15) is 9.59 Å². The van der Waals surface area contributed by atoms with Crippen LogP contribution in [0.3, 0.4) is 0 Å². The highest BCUT2D eigenvalue weighted by Crippen LogP contribution is 2.23. The van der Waals surface area contributed by atoms with E-state index in [1.807, 2.05) is 11.8 Å². The largest absolute Gasteiger partial charge is 0.481 e. The monoisotopic (exact) mass is 286 g/mol. The minimum absolute atomic E-state index is 0.0630. The predicted octanol–water partition coefficient (Wildman–Crippen LogP) is 1.78. The van der Waals surface area contributed by atoms with Crippen LogP contribution < -0.4 is 5.32 Å². The molecule has 2 aliphatic heterocycles. The maximum Gasteiger partial charge on any atom is 0.317 e. The number of rotatable bonds is 4. The smallest absolute Gasteiger partial charge is 0.317 e. The molecule has 0 aromatic heterocycles. The van der Waals surface area contributed by atoms with Crippen LogP contribution in [0.15, 0.2) is 0 Å². The van der Waals surface area contributed by atoms with Gasteiger partial charge in [0.15, 0.2) is 0 Å². The Hall–Kier alpha value is -0.910. The lowest BCUT2D eigenvalue weighted by Crippen LogP contribution is -2.45. The van der Waals surface area contributed by atoms with Gasteiger partial charge in [0, 0.05) is 19.1 Å². The lowest BCUT2D eigenvalue weighted by molar-refractivity contribution is -0.137. The van der Waals surface area contributed by atoms with Gasteiger partial charge in [-0.25, -0.2) is 4.79 Å². The minimum atomic E-state index is -0.825. The molecule has 2 fully saturated rings. The summed E-state index contributed by atoms with van der Waals surface area (Å²) < 4.78 is 0. The van der Waals surface area contributed by atoms with Crippen LogP contribution in [-0.4, -0.2) is 52.6 Å². The maximum atomic E-state index is 12.1. The molecule has 5 nitrogen and oxygen atoms in total. The van der Waals surface area contributed by atoms with Crippen LogP contribution in [0.4, 0.5) is 4.79 Å². The first-order chi connectivity index (χ1) is 9.16. The SMILES string of the molecule is O=C(O)CC1CCCN1C(=O)NCC1CCSCC1. The van der Waals surface area contributed by atoms with Gasteiger partial charge in [-0.15, -0.1) is 0 Å². The molecular formula is C13H22N2O3S. The Morgan fingerprint density at radius 3 is 2.68 bits per heavy atom. The predicted molar refractivity (Wildman–Crippen MR) is 75.4 cm³/mol. The zero-order valence-electron chi connectivity index (χ0n) is 11.1. The Morgan fingerprint density at radius 2 is 2.00 bits per heavy atom. The Labute approximate surface area is 118 Å². The zero-order chi connectivity index (χ0) is 13.7. The maximum absolute atomic E-state index is 12.1. The number of hydrogen-bond acceptors (Lipinski definition) is 3. The molecule has 2 heterocycles. The molecule has 0 aromatic rings. The van der Waals surface area contributed by atoms with Gasteiger partial charge in [0.2, 0.25) is 0 Å². The van der Waals surface area contributed by atoms with Gasteiger partial charge >= 0.3 is 12.0 Å². The Balaban J connectivity index is 1.76. The second-order valence-corrected chi connectivity index (χ2v) is 6.55. The van der Waals surface area contributed by atoms with Crippen molar-refractivity contribution in [2.45, 2.75) is 38.1 Å². The van der Waals surface area contributed by atoms with E-state index in [4.69, 9.17) is 5.11 Å². The quantitative estimate of drug-likeness (QED) is 0.826. The normalized spacial score (nSPS) is 24.4. The number of carbonyl (C=O) groups excluding carboxylic acids is 1. The number of carboxylic acid groups (broad SMARTS) is 1. The Bertz CT molecular complexity index is 332. The topological polar surface area (TPSA) is 69.6 Å². The fourth-order valence-electron chi connectivity index (χ4n) is 2.80. The van der Waals surface area contributed by atoms with E-state index in [1.54, 1.807) is 4.90 Å². The zero-order valence-corrected chi connectivity index (χ0v) is 12.0. The number of amides is 2. The van der Waals surface area contributed by atoms with Crippen LogP contribution in [-0.2, 0) is 4.79 Å². The summed E-state index contributed by atoms with van der Waals surface area (Å²) in [5.41, 5.74) is 0. The van der Waals surface area contributed by atoms with E-state index in [-0.39, 0.29) is 18.5 Å². The van der Waals surface area contributed by atoms with E-state index < -0.39 is 5.97 Å². The van der Waals surface area contributed by atoms with E-state index >= 15 is 0 Å². The van der Waals surface area contributed by atoms with Crippen molar-refractivity contribution in [3.05, 3.63) is 0 Å². The molecule has 2 N–H and O–H groups in total. The fourth-order valence-corrected chi connectivity index (χ4v) is 4.00. The number of hydrogen-bond donors (Lipinski definition) is 2. The summed E-state index contributed by atoms with van der Waals surface area (Å²) in [6, 6.07) is -0.207. The first-order valence-corrected chi connectivity index (χ1v) is 8.16. The third-order valence-corrected chi connectivity index (χ3v) is 4.98. The number of nitrogens with one attached hydrogen (secondary N) is 1. The number of urea groups is 1. The van der Waals surface area contributed by atoms with Crippen molar-refractivity contribution < 1.29 is 14.7 Å². The van der Waals surface area contributed by atoms with E-state index in [0.717, 1.165) is 19.4 Å². The number of nitrogens with zero attached hydrogens (tertiary/aromatic N) is 1. The molecule has 108 valence electrons. The highest BCUT2D eigenvalue weighted by atomic mass is 32.2. The van der Waals surface area contributed by atoms with E-state index in [1.165, 1.54) is 24.3 Å². The summed E-state index contributed by atoms with van der Waals surface area (Å²) in [6.07, 6.45) is 4.12. The van der Waals surface area contributed by atoms with Crippen molar-refractivity contribution in [1.29, 1.82) is 0 Å². The van der Waals surface area contributed by atoms with Gasteiger partial charge in [-0.2, -0.15) is 11.8 Å². The van der Waals surface area contributed by atoms with Crippen molar-refractivity contribution in [3.8, 4) is 0 Å². The molecule has 1 unspecified atom stereocenters. The van der Waals surface area contributed by atoms with Crippen LogP contribution in [0.25, 0.3) is 0 Å². The number of carbonyl (C=O) groups is 2. The summed E-state index contributed by atoms with van der Waals surface area (Å²) in [5, 5.41) is 11.8. The van der Waals surface area contributed by atoms with Gasteiger partial charge in [0.05, 0.1) is 6.42 Å². The first kappa shape index (κ1) is 14.5. The lowest BCUT2D eigenvalue weighted by atomic mass is 10.0. The van der Waals surface area contributed by atoms with Crippen molar-refractivity contribution in [2.75, 3.05) is 24.6 Å². The minimum Gasteiger partial charge on any atom is -0.481 e. The van der Waals surface area contributed by atoms with E-state index in [2.05, 4.69) is 5.32 Å². The third-order valence-electron chi connectivity index (χ3n) is 3.93. The first-order valence-electron chi connectivity index (χ1n) is 7.01. The third kappa shape index (κ3) is 4.30. The molecule has 2 aliphatic rings. The van der Waals surface area contributed by atoms with Crippen molar-refractivity contribution >= 4 is 23.8 Å². The summed E-state index contributed by atoms with van der Waals surface area (Å²) >= 11 is 1.98. The van der Waals surface area contributed by atoms with E-state index in [0.29, 0.717) is 12.5 Å². The van der Waals surface area contributed by atoms with Crippen molar-refractivity contribution in [2.24, 2.45) is 5.92 Å². The van der Waals surface area contributed by atoms with Crippen LogP contribution >= 0.6 is 11.8 Å². The van der Waals surface area contributed by atoms with Gasteiger partial charge in [0.1, 0.15) is 0 Å². The second-order valence-electron chi connectivity index (χ2n) is 5.33. The van der Waals surface area contributed by atoms with Gasteiger partial charge in [-0.3, -0.25) is 4.79 Å². The van der Waals surface area contributed by atoms with Crippen LogP contribution in [0.5, 0.6) is 0 Å². The molecular weight excluding hydrogens is 264 g/mol. The number of likely N-dealkylation sites (tertiary alicyclic amines) is 1. The molecule has 0 aromatic carbocycles.